The first-order valence-electron chi connectivity index (χ1n) is 5.65. The van der Waals surface area contributed by atoms with Gasteiger partial charge in [0.2, 0.25) is 0 Å². The summed E-state index contributed by atoms with van der Waals surface area (Å²) in [5.41, 5.74) is 9.03. The zero-order chi connectivity index (χ0) is 13.1. The van der Waals surface area contributed by atoms with Crippen LogP contribution in [0.2, 0.25) is 0 Å². The Labute approximate surface area is 106 Å². The number of nitrogens with zero attached hydrogens (tertiary/aromatic N) is 1. The van der Waals surface area contributed by atoms with Crippen LogP contribution in [0.1, 0.15) is 16.7 Å². The fourth-order valence-corrected chi connectivity index (χ4v) is 1.65. The smallest absolute Gasteiger partial charge is 0.150 e. The van der Waals surface area contributed by atoms with E-state index in [4.69, 9.17) is 15.7 Å². The maximum Gasteiger partial charge on any atom is 0.150 e. The van der Waals surface area contributed by atoms with Crippen molar-refractivity contribution in [1.82, 2.24) is 0 Å². The van der Waals surface area contributed by atoms with Crippen molar-refractivity contribution >= 4 is 5.69 Å². The second kappa shape index (κ2) is 4.80. The minimum atomic E-state index is 0.468. The highest BCUT2D eigenvalue weighted by Gasteiger charge is 2.06. The number of rotatable bonds is 2. The summed E-state index contributed by atoms with van der Waals surface area (Å²) in [6.45, 7) is 3.99. The van der Waals surface area contributed by atoms with Crippen molar-refractivity contribution in [3.05, 3.63) is 53.1 Å². The van der Waals surface area contributed by atoms with Crippen molar-refractivity contribution in [3.8, 4) is 17.6 Å². The number of benzene rings is 2. The lowest BCUT2D eigenvalue weighted by Crippen LogP contribution is -1.94. The van der Waals surface area contributed by atoms with Gasteiger partial charge in [-0.25, -0.2) is 0 Å². The molecule has 0 amide bonds. The molecular formula is C15H14N2O. The molecule has 0 atom stereocenters. The molecule has 2 aromatic carbocycles. The Morgan fingerprint density at radius 3 is 2.50 bits per heavy atom. The lowest BCUT2D eigenvalue weighted by molar-refractivity contribution is 0.481. The molecule has 2 aromatic rings. The quantitative estimate of drug-likeness (QED) is 0.814. The Balaban J connectivity index is 2.34. The normalized spacial score (nSPS) is 9.83. The predicted octanol–water partition coefficient (Wildman–Crippen LogP) is 3.55. The second-order valence-corrected chi connectivity index (χ2v) is 4.24. The van der Waals surface area contributed by atoms with Crippen molar-refractivity contribution in [1.29, 1.82) is 5.26 Å². The monoisotopic (exact) mass is 238 g/mol. The third kappa shape index (κ3) is 2.44. The minimum Gasteiger partial charge on any atom is -0.455 e. The molecule has 90 valence electrons. The summed E-state index contributed by atoms with van der Waals surface area (Å²) < 4.78 is 5.79. The summed E-state index contributed by atoms with van der Waals surface area (Å²) in [6.07, 6.45) is 0. The number of hydrogen-bond donors (Lipinski definition) is 1. The first kappa shape index (κ1) is 12.0. The summed E-state index contributed by atoms with van der Waals surface area (Å²) >= 11 is 0. The highest BCUT2D eigenvalue weighted by Crippen LogP contribution is 2.30. The topological polar surface area (TPSA) is 59.0 Å². The van der Waals surface area contributed by atoms with Gasteiger partial charge in [0.25, 0.3) is 0 Å². The second-order valence-electron chi connectivity index (χ2n) is 4.24. The van der Waals surface area contributed by atoms with Crippen LogP contribution in [0.5, 0.6) is 11.5 Å². The van der Waals surface area contributed by atoms with Crippen molar-refractivity contribution < 1.29 is 4.74 Å². The number of nitriles is 1. The predicted molar refractivity (Wildman–Crippen MR) is 71.6 cm³/mol. The van der Waals surface area contributed by atoms with E-state index >= 15 is 0 Å². The Hall–Kier alpha value is -2.47. The fraction of sp³-hybridized carbons (Fsp3) is 0.133. The van der Waals surface area contributed by atoms with E-state index in [9.17, 15) is 0 Å². The van der Waals surface area contributed by atoms with Crippen LogP contribution in [0.15, 0.2) is 36.4 Å². The molecule has 18 heavy (non-hydrogen) atoms. The van der Waals surface area contributed by atoms with Crippen LogP contribution >= 0.6 is 0 Å². The molecule has 3 heteroatoms. The Morgan fingerprint density at radius 2 is 1.83 bits per heavy atom. The Morgan fingerprint density at radius 1 is 1.06 bits per heavy atom. The van der Waals surface area contributed by atoms with Crippen LogP contribution in [0, 0.1) is 25.2 Å². The molecule has 2 N–H and O–H groups in total. The molecular weight excluding hydrogens is 224 g/mol. The van der Waals surface area contributed by atoms with Gasteiger partial charge >= 0.3 is 0 Å². The van der Waals surface area contributed by atoms with Crippen molar-refractivity contribution in [2.24, 2.45) is 0 Å². The van der Waals surface area contributed by atoms with Gasteiger partial charge in [-0.3, -0.25) is 0 Å². The number of nitrogen functional groups attached to an aromatic ring is 1. The van der Waals surface area contributed by atoms with Gasteiger partial charge in [0.1, 0.15) is 11.5 Å². The molecule has 0 aromatic heterocycles. The number of aryl methyl sites for hydroxylation is 2. The molecule has 0 aliphatic carbocycles. The summed E-state index contributed by atoms with van der Waals surface area (Å²) in [6, 6.07) is 13.1. The molecule has 0 radical (unpaired) electrons. The first-order chi connectivity index (χ1) is 8.60. The average Bonchev–Trinajstić information content (AvgIpc) is 2.36. The maximum atomic E-state index is 8.78. The number of anilines is 1. The maximum absolute atomic E-state index is 8.78. The van der Waals surface area contributed by atoms with E-state index in [0.717, 1.165) is 16.9 Å². The van der Waals surface area contributed by atoms with E-state index in [1.165, 1.54) is 0 Å². The SMILES string of the molecule is Cc1ccc(C)c(Oc2ccc(C#N)cc2N)c1. The molecule has 0 bridgehead atoms. The molecule has 2 rings (SSSR count). The van der Waals surface area contributed by atoms with Crippen LogP contribution in [0.25, 0.3) is 0 Å². The molecule has 0 saturated carbocycles. The summed E-state index contributed by atoms with van der Waals surface area (Å²) in [4.78, 5) is 0. The largest absolute Gasteiger partial charge is 0.455 e. The van der Waals surface area contributed by atoms with Gasteiger partial charge in [0.15, 0.2) is 0 Å². The van der Waals surface area contributed by atoms with Crippen LogP contribution in [0.3, 0.4) is 0 Å². The number of ether oxygens (including phenoxy) is 1. The summed E-state index contributed by atoms with van der Waals surface area (Å²) in [5.74, 6) is 1.36. The van der Waals surface area contributed by atoms with Crippen molar-refractivity contribution in [2.75, 3.05) is 5.73 Å². The summed E-state index contributed by atoms with van der Waals surface area (Å²) in [5, 5.41) is 8.78. The lowest BCUT2D eigenvalue weighted by atomic mass is 10.1. The van der Waals surface area contributed by atoms with Gasteiger partial charge in [-0.15, -0.1) is 0 Å². The lowest BCUT2D eigenvalue weighted by Gasteiger charge is -2.11. The van der Waals surface area contributed by atoms with Gasteiger partial charge in [0, 0.05) is 0 Å². The molecule has 3 nitrogen and oxygen atoms in total. The molecule has 0 spiro atoms. The van der Waals surface area contributed by atoms with Gasteiger partial charge in [-0.1, -0.05) is 12.1 Å². The van der Waals surface area contributed by atoms with E-state index in [2.05, 4.69) is 0 Å². The van der Waals surface area contributed by atoms with Gasteiger partial charge in [-0.2, -0.15) is 5.26 Å². The first-order valence-corrected chi connectivity index (χ1v) is 5.65. The van der Waals surface area contributed by atoms with Crippen LogP contribution in [-0.4, -0.2) is 0 Å². The zero-order valence-corrected chi connectivity index (χ0v) is 10.4. The molecule has 0 saturated heterocycles. The van der Waals surface area contributed by atoms with E-state index < -0.39 is 0 Å². The Bertz CT molecular complexity index is 627. The van der Waals surface area contributed by atoms with E-state index in [1.54, 1.807) is 18.2 Å². The molecule has 0 aliphatic heterocycles. The van der Waals surface area contributed by atoms with E-state index in [1.807, 2.05) is 38.1 Å². The molecule has 0 aliphatic rings. The van der Waals surface area contributed by atoms with Crippen LogP contribution < -0.4 is 10.5 Å². The summed E-state index contributed by atoms with van der Waals surface area (Å²) in [7, 11) is 0. The standard InChI is InChI=1S/C15H14N2O/c1-10-3-4-11(2)15(7-10)18-14-6-5-12(9-16)8-13(14)17/h3-8H,17H2,1-2H3. The highest BCUT2D eigenvalue weighted by molar-refractivity contribution is 5.58. The minimum absolute atomic E-state index is 0.468. The highest BCUT2D eigenvalue weighted by atomic mass is 16.5. The number of nitrogens with two attached hydrogens (primary N) is 1. The fourth-order valence-electron chi connectivity index (χ4n) is 1.65. The van der Waals surface area contributed by atoms with Crippen molar-refractivity contribution in [3.63, 3.8) is 0 Å². The third-order valence-corrected chi connectivity index (χ3v) is 2.70. The number of hydrogen-bond acceptors (Lipinski definition) is 3. The molecule has 0 fully saturated rings. The average molecular weight is 238 g/mol. The van der Waals surface area contributed by atoms with Gasteiger partial charge in [0.05, 0.1) is 17.3 Å². The van der Waals surface area contributed by atoms with Gasteiger partial charge < -0.3 is 10.5 Å². The zero-order valence-electron chi connectivity index (χ0n) is 10.4. The van der Waals surface area contributed by atoms with Crippen LogP contribution in [-0.2, 0) is 0 Å². The van der Waals surface area contributed by atoms with E-state index in [0.29, 0.717) is 17.0 Å². The third-order valence-electron chi connectivity index (χ3n) is 2.70. The molecule has 0 heterocycles. The Kier molecular flexibility index (Phi) is 3.20. The van der Waals surface area contributed by atoms with Gasteiger partial charge in [-0.05, 0) is 49.2 Å². The van der Waals surface area contributed by atoms with Crippen LogP contribution in [0.4, 0.5) is 5.69 Å². The molecule has 0 unspecified atom stereocenters. The van der Waals surface area contributed by atoms with Crippen molar-refractivity contribution in [2.45, 2.75) is 13.8 Å². The van der Waals surface area contributed by atoms with E-state index in [-0.39, 0.29) is 0 Å².